The molecule has 216 valence electrons. The van der Waals surface area contributed by atoms with Crippen LogP contribution in [0.2, 0.25) is 0 Å². The van der Waals surface area contributed by atoms with Gasteiger partial charge in [-0.3, -0.25) is 14.5 Å². The molecule has 2 heterocycles. The fourth-order valence-corrected chi connectivity index (χ4v) is 5.16. The number of methoxy groups -OCH3 is 2. The fourth-order valence-electron chi connectivity index (χ4n) is 5.16. The van der Waals surface area contributed by atoms with E-state index in [1.54, 1.807) is 55.5 Å². The third-order valence-electron chi connectivity index (χ3n) is 7.39. The summed E-state index contributed by atoms with van der Waals surface area (Å²) < 4.78 is 22.3. The first kappa shape index (κ1) is 29.4. The van der Waals surface area contributed by atoms with Crippen molar-refractivity contribution >= 4 is 17.4 Å². The third kappa shape index (κ3) is 6.77. The molecule has 2 aliphatic heterocycles. The van der Waals surface area contributed by atoms with Crippen molar-refractivity contribution in [1.29, 1.82) is 0 Å². The van der Waals surface area contributed by atoms with E-state index in [1.165, 1.54) is 0 Å². The number of amides is 1. The molecule has 0 bridgehead atoms. The summed E-state index contributed by atoms with van der Waals surface area (Å²) in [6.07, 6.45) is 3.79. The summed E-state index contributed by atoms with van der Waals surface area (Å²) in [6.45, 7) is 6.93. The van der Waals surface area contributed by atoms with Gasteiger partial charge in [-0.05, 0) is 54.8 Å². The molecule has 1 atom stereocenters. The maximum atomic E-state index is 13.4. The van der Waals surface area contributed by atoms with E-state index in [9.17, 15) is 14.7 Å². The normalized spacial score (nSPS) is 19.2. The maximum absolute atomic E-state index is 13.4. The average molecular weight is 553 g/mol. The van der Waals surface area contributed by atoms with Gasteiger partial charge in [0.15, 0.2) is 11.5 Å². The van der Waals surface area contributed by atoms with Crippen molar-refractivity contribution in [3.05, 3.63) is 59.2 Å². The quantitative estimate of drug-likeness (QED) is 0.169. The number of carbonyl (C=O) groups excluding carboxylic acids is 2. The van der Waals surface area contributed by atoms with Crippen molar-refractivity contribution in [2.45, 2.75) is 38.6 Å². The van der Waals surface area contributed by atoms with Crippen LogP contribution in [-0.2, 0) is 14.3 Å². The number of rotatable bonds is 13. The van der Waals surface area contributed by atoms with Gasteiger partial charge in [0.2, 0.25) is 0 Å². The molecule has 9 nitrogen and oxygen atoms in total. The first-order valence-electron chi connectivity index (χ1n) is 14.0. The average Bonchev–Trinajstić information content (AvgIpc) is 3.24. The number of benzene rings is 2. The Morgan fingerprint density at radius 3 is 2.38 bits per heavy atom. The van der Waals surface area contributed by atoms with E-state index < -0.39 is 17.7 Å². The Labute approximate surface area is 236 Å². The lowest BCUT2D eigenvalue weighted by Gasteiger charge is -2.29. The van der Waals surface area contributed by atoms with E-state index in [0.717, 1.165) is 38.9 Å². The summed E-state index contributed by atoms with van der Waals surface area (Å²) in [6, 6.07) is 11.4. The molecule has 0 aromatic heterocycles. The lowest BCUT2D eigenvalue weighted by Crippen LogP contribution is -2.39. The minimum Gasteiger partial charge on any atom is -0.507 e. The number of ether oxygens (including phenoxy) is 4. The number of carbonyl (C=O) groups is 2. The predicted molar refractivity (Wildman–Crippen MR) is 152 cm³/mol. The highest BCUT2D eigenvalue weighted by molar-refractivity contribution is 6.46. The van der Waals surface area contributed by atoms with E-state index in [0.29, 0.717) is 61.2 Å². The summed E-state index contributed by atoms with van der Waals surface area (Å²) in [5.74, 6) is 0.181. The number of unbranched alkanes of at least 4 members (excludes halogenated alkanes) is 2. The summed E-state index contributed by atoms with van der Waals surface area (Å²) in [7, 11) is 3.12. The molecule has 4 rings (SSSR count). The van der Waals surface area contributed by atoms with Crippen LogP contribution in [0.1, 0.15) is 49.8 Å². The first-order chi connectivity index (χ1) is 19.5. The number of ketones is 1. The topological polar surface area (TPSA) is 97.8 Å². The van der Waals surface area contributed by atoms with Crippen LogP contribution in [0.4, 0.5) is 0 Å². The van der Waals surface area contributed by atoms with Crippen LogP contribution in [0.5, 0.6) is 17.2 Å². The molecule has 0 spiro atoms. The number of hydrogen-bond donors (Lipinski definition) is 1. The second kappa shape index (κ2) is 14.2. The highest BCUT2D eigenvalue weighted by atomic mass is 16.5. The zero-order valence-corrected chi connectivity index (χ0v) is 23.7. The Morgan fingerprint density at radius 2 is 1.70 bits per heavy atom. The lowest BCUT2D eigenvalue weighted by atomic mass is 9.95. The Hall–Kier alpha value is -3.56. The molecular formula is C31H40N2O7. The second-order valence-electron chi connectivity index (χ2n) is 9.99. The number of morpholine rings is 1. The van der Waals surface area contributed by atoms with Crippen molar-refractivity contribution in [1.82, 2.24) is 9.80 Å². The van der Waals surface area contributed by atoms with Crippen LogP contribution in [0.25, 0.3) is 5.76 Å². The fraction of sp³-hybridized carbons (Fsp3) is 0.484. The molecule has 40 heavy (non-hydrogen) atoms. The standard InChI is InChI=1S/C31H40N2O7/c1-4-5-6-18-40-25-13-10-23(21-26(25)38-3)28-27(29(34)22-8-11-24(37-2)12-9-22)30(35)31(36)33(28)15-7-14-32-16-19-39-20-17-32/h8-13,21,28,34H,4-7,14-20H2,1-3H3. The Bertz CT molecular complexity index is 1190. The number of likely N-dealkylation sites (tertiary alicyclic amines) is 1. The maximum Gasteiger partial charge on any atom is 0.295 e. The van der Waals surface area contributed by atoms with E-state index >= 15 is 0 Å². The van der Waals surface area contributed by atoms with Gasteiger partial charge in [-0.2, -0.15) is 0 Å². The molecule has 2 fully saturated rings. The number of aliphatic hydroxyl groups is 1. The zero-order chi connectivity index (χ0) is 28.5. The number of Topliss-reactive ketones (excluding diaryl/α,β-unsaturated/α-hetero) is 1. The van der Waals surface area contributed by atoms with E-state index in [-0.39, 0.29) is 11.3 Å². The number of hydrogen-bond acceptors (Lipinski definition) is 8. The SMILES string of the molecule is CCCCCOc1ccc(C2C(=C(O)c3ccc(OC)cc3)C(=O)C(=O)N2CCCN2CCOCC2)cc1OC. The second-order valence-corrected chi connectivity index (χ2v) is 9.99. The van der Waals surface area contributed by atoms with E-state index in [2.05, 4.69) is 11.8 Å². The summed E-state index contributed by atoms with van der Waals surface area (Å²) in [5, 5.41) is 11.4. The molecule has 1 amide bonds. The van der Waals surface area contributed by atoms with Gasteiger partial charge in [0, 0.05) is 31.7 Å². The minimum absolute atomic E-state index is 0.0557. The molecule has 2 aromatic carbocycles. The van der Waals surface area contributed by atoms with Crippen molar-refractivity contribution in [2.75, 3.05) is 60.2 Å². The van der Waals surface area contributed by atoms with E-state index in [4.69, 9.17) is 18.9 Å². The van der Waals surface area contributed by atoms with Crippen molar-refractivity contribution in [3.8, 4) is 17.2 Å². The highest BCUT2D eigenvalue weighted by Crippen LogP contribution is 2.42. The van der Waals surface area contributed by atoms with Gasteiger partial charge < -0.3 is 29.0 Å². The Kier molecular flexibility index (Phi) is 10.4. The van der Waals surface area contributed by atoms with Crippen molar-refractivity contribution in [3.63, 3.8) is 0 Å². The highest BCUT2D eigenvalue weighted by Gasteiger charge is 2.46. The first-order valence-corrected chi connectivity index (χ1v) is 14.0. The van der Waals surface area contributed by atoms with Gasteiger partial charge in [0.1, 0.15) is 11.5 Å². The molecule has 9 heteroatoms. The molecular weight excluding hydrogens is 512 g/mol. The van der Waals surface area contributed by atoms with Crippen LogP contribution in [-0.4, -0.2) is 86.8 Å². The van der Waals surface area contributed by atoms with Gasteiger partial charge >= 0.3 is 0 Å². The van der Waals surface area contributed by atoms with Gasteiger partial charge in [-0.15, -0.1) is 0 Å². The third-order valence-corrected chi connectivity index (χ3v) is 7.39. The van der Waals surface area contributed by atoms with Gasteiger partial charge in [-0.1, -0.05) is 25.8 Å². The van der Waals surface area contributed by atoms with Crippen LogP contribution in [0.15, 0.2) is 48.0 Å². The summed E-state index contributed by atoms with van der Waals surface area (Å²) in [4.78, 5) is 30.6. The summed E-state index contributed by atoms with van der Waals surface area (Å²) in [5.41, 5.74) is 1.15. The van der Waals surface area contributed by atoms with E-state index in [1.807, 2.05) is 6.07 Å². The molecule has 0 aliphatic carbocycles. The lowest BCUT2D eigenvalue weighted by molar-refractivity contribution is -0.140. The molecule has 1 unspecified atom stereocenters. The molecule has 2 aliphatic rings. The molecule has 2 aromatic rings. The number of nitrogens with zero attached hydrogens (tertiary/aromatic N) is 2. The van der Waals surface area contributed by atoms with Crippen LogP contribution >= 0.6 is 0 Å². The van der Waals surface area contributed by atoms with Gasteiger partial charge in [-0.25, -0.2) is 0 Å². The predicted octanol–water partition coefficient (Wildman–Crippen LogP) is 4.42. The van der Waals surface area contributed by atoms with Crippen LogP contribution < -0.4 is 14.2 Å². The smallest absolute Gasteiger partial charge is 0.295 e. The van der Waals surface area contributed by atoms with Crippen LogP contribution in [0.3, 0.4) is 0 Å². The van der Waals surface area contributed by atoms with Gasteiger partial charge in [0.25, 0.3) is 11.7 Å². The molecule has 0 radical (unpaired) electrons. The van der Waals surface area contributed by atoms with Gasteiger partial charge in [0.05, 0.1) is 45.7 Å². The molecule has 1 N–H and O–H groups in total. The Balaban J connectivity index is 1.67. The van der Waals surface area contributed by atoms with Crippen molar-refractivity contribution in [2.24, 2.45) is 0 Å². The monoisotopic (exact) mass is 552 g/mol. The van der Waals surface area contributed by atoms with Crippen molar-refractivity contribution < 1.29 is 33.6 Å². The Morgan fingerprint density at radius 1 is 0.950 bits per heavy atom. The molecule has 2 saturated heterocycles. The number of aliphatic hydroxyl groups excluding tert-OH is 1. The molecule has 0 saturated carbocycles. The minimum atomic E-state index is -0.769. The zero-order valence-electron chi connectivity index (χ0n) is 23.7. The summed E-state index contributed by atoms with van der Waals surface area (Å²) >= 11 is 0. The van der Waals surface area contributed by atoms with Crippen LogP contribution in [0, 0.1) is 0 Å². The largest absolute Gasteiger partial charge is 0.507 e.